The molecule has 0 saturated carbocycles. The van der Waals surface area contributed by atoms with Crippen molar-refractivity contribution in [1.29, 1.82) is 5.26 Å². The van der Waals surface area contributed by atoms with Crippen molar-refractivity contribution in [2.75, 3.05) is 18.5 Å². The summed E-state index contributed by atoms with van der Waals surface area (Å²) >= 11 is 0. The molecule has 2 rings (SSSR count). The molecule has 2 amide bonds. The summed E-state index contributed by atoms with van der Waals surface area (Å²) in [5.41, 5.74) is 2.62. The minimum absolute atomic E-state index is 0.236. The summed E-state index contributed by atoms with van der Waals surface area (Å²) in [5.74, 6) is -0.699. The third kappa shape index (κ3) is 2.64. The van der Waals surface area contributed by atoms with Gasteiger partial charge in [0.25, 0.3) is 0 Å². The molecular formula is C14H15N3O2. The van der Waals surface area contributed by atoms with Gasteiger partial charge in [0.05, 0.1) is 18.2 Å². The van der Waals surface area contributed by atoms with E-state index >= 15 is 0 Å². The van der Waals surface area contributed by atoms with Crippen LogP contribution in [0, 0.1) is 11.3 Å². The monoisotopic (exact) mass is 257 g/mol. The number of rotatable bonds is 4. The van der Waals surface area contributed by atoms with Gasteiger partial charge >= 0.3 is 0 Å². The smallest absolute Gasteiger partial charge is 0.247 e. The first kappa shape index (κ1) is 13.2. The number of amides is 2. The number of imide groups is 1. The number of hydrogen-bond donors (Lipinski definition) is 1. The normalized spacial score (nSPS) is 13.3. The zero-order valence-corrected chi connectivity index (χ0v) is 10.8. The van der Waals surface area contributed by atoms with Gasteiger partial charge in [-0.15, -0.1) is 0 Å². The zero-order chi connectivity index (χ0) is 13.8. The standard InChI is InChI=1S/C14H15N3O2/c1-16-7-5-10-2-3-12-11(8-10)9-14(19)17(12)13(18)4-6-15/h2-3,8,16H,4-5,7,9H2,1H3. The molecule has 0 fully saturated rings. The SMILES string of the molecule is CNCCc1ccc2c(c1)CC(=O)N2C(=O)CC#N. The van der Waals surface area contributed by atoms with Crippen molar-refractivity contribution in [2.24, 2.45) is 0 Å². The molecule has 0 atom stereocenters. The Balaban J connectivity index is 2.25. The molecule has 98 valence electrons. The summed E-state index contributed by atoms with van der Waals surface area (Å²) in [6.45, 7) is 0.865. The zero-order valence-electron chi connectivity index (χ0n) is 10.8. The van der Waals surface area contributed by atoms with Crippen LogP contribution in [0.2, 0.25) is 0 Å². The number of carbonyl (C=O) groups excluding carboxylic acids is 2. The van der Waals surface area contributed by atoms with Gasteiger partial charge in [0.15, 0.2) is 0 Å². The van der Waals surface area contributed by atoms with E-state index in [2.05, 4.69) is 5.32 Å². The van der Waals surface area contributed by atoms with Gasteiger partial charge in [-0.1, -0.05) is 12.1 Å². The highest BCUT2D eigenvalue weighted by molar-refractivity contribution is 6.19. The molecule has 19 heavy (non-hydrogen) atoms. The fraction of sp³-hybridized carbons (Fsp3) is 0.357. The molecule has 0 saturated heterocycles. The Morgan fingerprint density at radius 2 is 2.32 bits per heavy atom. The lowest BCUT2D eigenvalue weighted by atomic mass is 10.1. The van der Waals surface area contributed by atoms with Crippen molar-refractivity contribution >= 4 is 17.5 Å². The van der Waals surface area contributed by atoms with Crippen molar-refractivity contribution in [2.45, 2.75) is 19.3 Å². The summed E-state index contributed by atoms with van der Waals surface area (Å²) in [6, 6.07) is 7.46. The van der Waals surface area contributed by atoms with Crippen LogP contribution in [-0.2, 0) is 22.4 Å². The summed E-state index contributed by atoms with van der Waals surface area (Å²) in [6.07, 6.45) is 0.844. The van der Waals surface area contributed by atoms with Crippen LogP contribution in [0.25, 0.3) is 0 Å². The van der Waals surface area contributed by atoms with E-state index in [1.807, 2.05) is 19.2 Å². The van der Waals surface area contributed by atoms with E-state index in [0.717, 1.165) is 29.0 Å². The average molecular weight is 257 g/mol. The van der Waals surface area contributed by atoms with Gasteiger partial charge in [-0.05, 0) is 37.2 Å². The van der Waals surface area contributed by atoms with Crippen LogP contribution in [0.3, 0.4) is 0 Å². The third-order valence-electron chi connectivity index (χ3n) is 3.12. The van der Waals surface area contributed by atoms with E-state index in [1.54, 1.807) is 12.1 Å². The molecule has 1 aliphatic heterocycles. The van der Waals surface area contributed by atoms with Crippen molar-refractivity contribution in [3.63, 3.8) is 0 Å². The Hall–Kier alpha value is -2.19. The van der Waals surface area contributed by atoms with Crippen molar-refractivity contribution in [1.82, 2.24) is 5.32 Å². The molecule has 5 heteroatoms. The maximum atomic E-state index is 11.9. The molecule has 0 aromatic heterocycles. The van der Waals surface area contributed by atoms with E-state index in [4.69, 9.17) is 5.26 Å². The number of fused-ring (bicyclic) bond motifs is 1. The lowest BCUT2D eigenvalue weighted by Gasteiger charge is -2.14. The second-order valence-corrected chi connectivity index (χ2v) is 4.45. The number of carbonyl (C=O) groups is 2. The lowest BCUT2D eigenvalue weighted by molar-refractivity contribution is -0.125. The highest BCUT2D eigenvalue weighted by atomic mass is 16.2. The average Bonchev–Trinajstić information content (AvgIpc) is 2.71. The Morgan fingerprint density at radius 1 is 1.53 bits per heavy atom. The molecule has 0 unspecified atom stereocenters. The molecule has 1 aromatic rings. The Bertz CT molecular complexity index is 560. The topological polar surface area (TPSA) is 73.2 Å². The third-order valence-corrected chi connectivity index (χ3v) is 3.12. The Labute approximate surface area is 111 Å². The van der Waals surface area contributed by atoms with Crippen LogP contribution in [0.5, 0.6) is 0 Å². The van der Waals surface area contributed by atoms with Gasteiger partial charge in [0, 0.05) is 0 Å². The van der Waals surface area contributed by atoms with Crippen LogP contribution in [0.1, 0.15) is 17.5 Å². The van der Waals surface area contributed by atoms with E-state index in [9.17, 15) is 9.59 Å². The summed E-state index contributed by atoms with van der Waals surface area (Å²) in [4.78, 5) is 24.7. The molecule has 0 spiro atoms. The van der Waals surface area contributed by atoms with E-state index < -0.39 is 5.91 Å². The first-order valence-electron chi connectivity index (χ1n) is 6.16. The summed E-state index contributed by atoms with van der Waals surface area (Å²) in [5, 5.41) is 11.6. The minimum Gasteiger partial charge on any atom is -0.319 e. The first-order valence-corrected chi connectivity index (χ1v) is 6.16. The fourth-order valence-electron chi connectivity index (χ4n) is 2.22. The molecule has 5 nitrogen and oxygen atoms in total. The van der Waals surface area contributed by atoms with Gasteiger partial charge in [0.2, 0.25) is 11.8 Å². The van der Waals surface area contributed by atoms with Crippen LogP contribution in [0.15, 0.2) is 18.2 Å². The van der Waals surface area contributed by atoms with E-state index in [-0.39, 0.29) is 18.7 Å². The van der Waals surface area contributed by atoms with Crippen LogP contribution >= 0.6 is 0 Å². The maximum absolute atomic E-state index is 11.9. The predicted octanol–water partition coefficient (Wildman–Crippen LogP) is 0.778. The highest BCUT2D eigenvalue weighted by Gasteiger charge is 2.31. The Kier molecular flexibility index (Phi) is 3.93. The van der Waals surface area contributed by atoms with Crippen LogP contribution in [-0.4, -0.2) is 25.4 Å². The quantitative estimate of drug-likeness (QED) is 0.865. The number of likely N-dealkylation sites (N-methyl/N-ethyl adjacent to an activating group) is 1. The fourth-order valence-corrected chi connectivity index (χ4v) is 2.22. The minimum atomic E-state index is -0.450. The molecule has 1 aromatic carbocycles. The second-order valence-electron chi connectivity index (χ2n) is 4.45. The van der Waals surface area contributed by atoms with Gasteiger partial charge in [0.1, 0.15) is 6.42 Å². The van der Waals surface area contributed by atoms with E-state index in [0.29, 0.717) is 5.69 Å². The molecule has 1 heterocycles. The van der Waals surface area contributed by atoms with Crippen molar-refractivity contribution < 1.29 is 9.59 Å². The molecule has 0 bridgehead atoms. The highest BCUT2D eigenvalue weighted by Crippen LogP contribution is 2.30. The largest absolute Gasteiger partial charge is 0.319 e. The molecule has 0 aliphatic carbocycles. The number of nitrogens with zero attached hydrogens (tertiary/aromatic N) is 2. The van der Waals surface area contributed by atoms with Crippen molar-refractivity contribution in [3.8, 4) is 6.07 Å². The molecular weight excluding hydrogens is 242 g/mol. The summed E-state index contributed by atoms with van der Waals surface area (Å²) in [7, 11) is 1.89. The van der Waals surface area contributed by atoms with Gasteiger partial charge in [-0.3, -0.25) is 9.59 Å². The number of anilines is 1. The van der Waals surface area contributed by atoms with E-state index in [1.165, 1.54) is 0 Å². The second kappa shape index (κ2) is 5.63. The predicted molar refractivity (Wildman–Crippen MR) is 70.5 cm³/mol. The van der Waals surface area contributed by atoms with Gasteiger partial charge in [-0.2, -0.15) is 5.26 Å². The van der Waals surface area contributed by atoms with Gasteiger partial charge < -0.3 is 5.32 Å². The van der Waals surface area contributed by atoms with Crippen LogP contribution < -0.4 is 10.2 Å². The Morgan fingerprint density at radius 3 is 3.00 bits per heavy atom. The molecule has 1 aliphatic rings. The number of hydrogen-bond acceptors (Lipinski definition) is 4. The van der Waals surface area contributed by atoms with Crippen LogP contribution in [0.4, 0.5) is 5.69 Å². The number of nitrogens with one attached hydrogen (secondary N) is 1. The maximum Gasteiger partial charge on any atom is 0.247 e. The molecule has 0 radical (unpaired) electrons. The van der Waals surface area contributed by atoms with Gasteiger partial charge in [-0.25, -0.2) is 4.90 Å². The summed E-state index contributed by atoms with van der Waals surface area (Å²) < 4.78 is 0. The van der Waals surface area contributed by atoms with Crippen molar-refractivity contribution in [3.05, 3.63) is 29.3 Å². The number of benzene rings is 1. The lowest BCUT2D eigenvalue weighted by Crippen LogP contribution is -2.33. The molecule has 1 N–H and O–H groups in total. The number of nitriles is 1. The first-order chi connectivity index (χ1) is 9.17.